The van der Waals surface area contributed by atoms with Gasteiger partial charge in [0.05, 0.1) is 56.4 Å². The Labute approximate surface area is 495 Å². The Morgan fingerprint density at radius 1 is 0.609 bits per heavy atom. The first kappa shape index (κ1) is 66.1. The molecular formula is C55H70N16O16. The van der Waals surface area contributed by atoms with Gasteiger partial charge in [-0.05, 0) is 49.8 Å². The zero-order chi connectivity index (χ0) is 63.2. The van der Waals surface area contributed by atoms with Crippen molar-refractivity contribution in [1.82, 2.24) is 77.7 Å². The Morgan fingerprint density at radius 3 is 1.83 bits per heavy atom. The van der Waals surface area contributed by atoms with E-state index in [2.05, 4.69) is 72.8 Å². The van der Waals surface area contributed by atoms with E-state index in [-0.39, 0.29) is 38.6 Å². The third kappa shape index (κ3) is 19.8. The largest absolute Gasteiger partial charge is 0.481 e. The van der Waals surface area contributed by atoms with Gasteiger partial charge in [-0.3, -0.25) is 52.7 Å². The molecule has 1 fully saturated rings. The maximum Gasteiger partial charge on any atom is 0.326 e. The van der Waals surface area contributed by atoms with Crippen molar-refractivity contribution in [2.24, 2.45) is 5.73 Å². The van der Waals surface area contributed by atoms with Crippen LogP contribution < -0.4 is 53.6 Å². The van der Waals surface area contributed by atoms with Crippen molar-refractivity contribution in [3.05, 3.63) is 108 Å². The highest BCUT2D eigenvalue weighted by Crippen LogP contribution is 2.21. The number of hydrogen-bond donors (Lipinski definition) is 17. The lowest BCUT2D eigenvalue weighted by Gasteiger charge is -2.30. The third-order valence-corrected chi connectivity index (χ3v) is 13.9. The summed E-state index contributed by atoms with van der Waals surface area (Å²) < 4.78 is 0. The summed E-state index contributed by atoms with van der Waals surface area (Å²) in [5.74, 6) is -11.8. The summed E-state index contributed by atoms with van der Waals surface area (Å²) in [6.45, 7) is -2.12. The number of H-pyrrole nitrogens is 3. The molecule has 4 heterocycles. The number of aromatic nitrogens is 5. The summed E-state index contributed by atoms with van der Waals surface area (Å²) >= 11 is 0. The first-order valence-electron chi connectivity index (χ1n) is 27.6. The predicted molar refractivity (Wildman–Crippen MR) is 303 cm³/mol. The van der Waals surface area contributed by atoms with Crippen molar-refractivity contribution in [1.29, 1.82) is 0 Å². The highest BCUT2D eigenvalue weighted by Gasteiger charge is 2.40. The summed E-state index contributed by atoms with van der Waals surface area (Å²) in [4.78, 5) is 176. The van der Waals surface area contributed by atoms with Crippen molar-refractivity contribution in [2.45, 2.75) is 113 Å². The first-order valence-corrected chi connectivity index (χ1v) is 27.6. The molecule has 9 atom stereocenters. The minimum atomic E-state index is -1.69. The lowest BCUT2D eigenvalue weighted by atomic mass is 10.0. The van der Waals surface area contributed by atoms with Crippen LogP contribution in [0.25, 0.3) is 10.9 Å². The summed E-state index contributed by atoms with van der Waals surface area (Å²) in [5, 5.41) is 61.3. The number of carboxylic acids is 2. The normalized spacial score (nSPS) is 15.6. The molecule has 1 saturated heterocycles. The fourth-order valence-electron chi connectivity index (χ4n) is 9.28. The molecule has 0 bridgehead atoms. The van der Waals surface area contributed by atoms with Crippen LogP contribution in [0.2, 0.25) is 0 Å². The Bertz CT molecular complexity index is 3210. The molecule has 18 N–H and O–H groups in total. The van der Waals surface area contributed by atoms with E-state index in [1.807, 2.05) is 24.3 Å². The molecular weight excluding hydrogens is 1140 g/mol. The molecule has 0 spiro atoms. The van der Waals surface area contributed by atoms with Crippen LogP contribution in [0, 0.1) is 0 Å². The zero-order valence-corrected chi connectivity index (χ0v) is 47.1. The smallest absolute Gasteiger partial charge is 0.326 e. The molecule has 0 unspecified atom stereocenters. The Balaban J connectivity index is 1.01. The second-order valence-electron chi connectivity index (χ2n) is 20.4. The van der Waals surface area contributed by atoms with Crippen molar-refractivity contribution in [3.8, 4) is 0 Å². The number of imidazole rings is 2. The number of aliphatic hydroxyl groups is 2. The van der Waals surface area contributed by atoms with Crippen LogP contribution in [0.3, 0.4) is 0 Å². The number of rotatable bonds is 33. The van der Waals surface area contributed by atoms with Gasteiger partial charge in [0.15, 0.2) is 0 Å². The standard InChI is InChI=1S/C55H70N16O16/c1-29(47(78)67-38(16-30-8-3-2-4-9-30)50(81)69-40(19-33-22-58-28-63-33)54(85)71-15-7-12-43(71)53(84)66-37(55(86)87)13-14-46(76)77)64-51(82)41(25-72)65-45(75)24-60-44(74)23-61-49(80)39(18-32-21-57-27-62-32)68-52(83)42(26-73)70-48(79)35(56)17-31-20-59-36-11-6-5-10-34(31)36/h2-6,8-11,20-22,27-29,35,37-43,59,72-73H,7,12-19,23-26,56H2,1H3,(H,57,62)(H,58,63)(H,60,74)(H,61,80)(H,64,82)(H,65,75)(H,66,84)(H,67,78)(H,68,83)(H,69,81)(H,70,79)(H,76,77)(H,86,87)/t29-,35-,37-,38-,39-,40-,41-,42-,43-/m0/s1. The van der Waals surface area contributed by atoms with Crippen molar-refractivity contribution in [3.63, 3.8) is 0 Å². The molecule has 2 aromatic carbocycles. The quantitative estimate of drug-likeness (QED) is 0.0187. The van der Waals surface area contributed by atoms with E-state index < -0.39 is 165 Å². The van der Waals surface area contributed by atoms with E-state index in [1.54, 1.807) is 36.5 Å². The molecule has 6 rings (SSSR count). The van der Waals surface area contributed by atoms with Gasteiger partial charge in [-0.25, -0.2) is 14.8 Å². The van der Waals surface area contributed by atoms with E-state index in [1.165, 1.54) is 36.9 Å². The second-order valence-corrected chi connectivity index (χ2v) is 20.4. The van der Waals surface area contributed by atoms with E-state index in [0.29, 0.717) is 23.4 Å². The number of amides is 10. The molecule has 32 nitrogen and oxygen atoms in total. The van der Waals surface area contributed by atoms with Crippen LogP contribution in [0.1, 0.15) is 55.1 Å². The number of aliphatic carboxylic acids is 2. The average Bonchev–Trinajstić information content (AvgIpc) is 4.25. The van der Waals surface area contributed by atoms with Crippen molar-refractivity contribution >= 4 is 81.9 Å². The summed E-state index contributed by atoms with van der Waals surface area (Å²) in [7, 11) is 0. The number of carbonyl (C=O) groups excluding carboxylic acids is 10. The Kier molecular flexibility index (Phi) is 24.5. The van der Waals surface area contributed by atoms with Crippen LogP contribution in [0.15, 0.2) is 85.8 Å². The first-order chi connectivity index (χ1) is 41.6. The number of fused-ring (bicyclic) bond motifs is 1. The molecule has 0 radical (unpaired) electrons. The molecule has 87 heavy (non-hydrogen) atoms. The fraction of sp³-hybridized carbons (Fsp3) is 0.418. The fourth-order valence-corrected chi connectivity index (χ4v) is 9.28. The number of likely N-dealkylation sites (tertiary alicyclic amines) is 1. The lowest BCUT2D eigenvalue weighted by Crippen LogP contribution is -2.60. The number of aliphatic hydroxyl groups excluding tert-OH is 2. The van der Waals surface area contributed by atoms with Crippen molar-refractivity contribution < 1.29 is 78.0 Å². The van der Waals surface area contributed by atoms with E-state index in [0.717, 1.165) is 16.5 Å². The Hall–Kier alpha value is -10.1. The number of benzene rings is 2. The lowest BCUT2D eigenvalue weighted by molar-refractivity contribution is -0.145. The topological polar surface area (TPSA) is 496 Å². The van der Waals surface area contributed by atoms with Gasteiger partial charge in [0.25, 0.3) is 0 Å². The molecule has 0 saturated carbocycles. The molecule has 32 heteroatoms. The monoisotopic (exact) mass is 1210 g/mol. The maximum atomic E-state index is 14.3. The third-order valence-electron chi connectivity index (χ3n) is 13.9. The molecule has 1 aliphatic rings. The number of hydrogen-bond acceptors (Lipinski definition) is 17. The molecule has 5 aromatic rings. The summed E-state index contributed by atoms with van der Waals surface area (Å²) in [6, 6.07) is 2.96. The van der Waals surface area contributed by atoms with Gasteiger partial charge < -0.3 is 93.9 Å². The SMILES string of the molecule is C[C@H](NC(=O)[C@H](CO)NC(=O)CNC(=O)CNC(=O)[C@H](Cc1c[nH]cn1)NC(=O)[C@H](CO)NC(=O)[C@@H](N)Cc1c[nH]c2ccccc12)C(=O)N[C@@H](Cc1ccccc1)C(=O)N[C@@H](Cc1c[nH]cn1)C(=O)N1CCC[C@H]1C(=O)N[C@@H](CCC(=O)O)C(=O)O. The zero-order valence-electron chi connectivity index (χ0n) is 47.1. The van der Waals surface area contributed by atoms with E-state index in [4.69, 9.17) is 10.8 Å². The minimum absolute atomic E-state index is 0.0335. The average molecular weight is 1210 g/mol. The van der Waals surface area contributed by atoms with Crippen LogP contribution in [-0.4, -0.2) is 208 Å². The predicted octanol–water partition coefficient (Wildman–Crippen LogP) is -5.22. The number of nitrogens with two attached hydrogens (primary N) is 1. The number of aromatic amines is 3. The molecule has 466 valence electrons. The highest BCUT2D eigenvalue weighted by molar-refractivity contribution is 5.98. The molecule has 1 aliphatic heterocycles. The maximum absolute atomic E-state index is 14.3. The molecule has 10 amide bonds. The summed E-state index contributed by atoms with van der Waals surface area (Å²) in [5.41, 5.74) is 8.93. The van der Waals surface area contributed by atoms with Crippen LogP contribution in [0.4, 0.5) is 0 Å². The van der Waals surface area contributed by atoms with E-state index in [9.17, 15) is 72.9 Å². The number of para-hydroxylation sites is 1. The summed E-state index contributed by atoms with van der Waals surface area (Å²) in [6.07, 6.45) is 6.26. The van der Waals surface area contributed by atoms with Gasteiger partial charge in [0.2, 0.25) is 59.1 Å². The van der Waals surface area contributed by atoms with E-state index >= 15 is 0 Å². The number of nitrogens with zero attached hydrogens (tertiary/aromatic N) is 3. The second kappa shape index (κ2) is 32.3. The Morgan fingerprint density at radius 2 is 1.18 bits per heavy atom. The van der Waals surface area contributed by atoms with Crippen LogP contribution >= 0.6 is 0 Å². The minimum Gasteiger partial charge on any atom is -0.481 e. The number of nitrogens with one attached hydrogen (secondary N) is 12. The highest BCUT2D eigenvalue weighted by atomic mass is 16.4. The van der Waals surface area contributed by atoms with Gasteiger partial charge in [-0.2, -0.15) is 0 Å². The molecule has 0 aliphatic carbocycles. The van der Waals surface area contributed by atoms with Gasteiger partial charge >= 0.3 is 11.9 Å². The van der Waals surface area contributed by atoms with Gasteiger partial charge in [0, 0.05) is 61.7 Å². The molecule has 3 aromatic heterocycles. The van der Waals surface area contributed by atoms with Gasteiger partial charge in [-0.1, -0.05) is 48.5 Å². The van der Waals surface area contributed by atoms with Crippen molar-refractivity contribution in [2.75, 3.05) is 32.8 Å². The number of carboxylic acid groups (broad SMARTS) is 2. The van der Waals surface area contributed by atoms with Crippen LogP contribution in [0.5, 0.6) is 0 Å². The van der Waals surface area contributed by atoms with Gasteiger partial charge in [0.1, 0.15) is 48.3 Å². The van der Waals surface area contributed by atoms with Crippen LogP contribution in [-0.2, 0) is 83.2 Å². The van der Waals surface area contributed by atoms with Gasteiger partial charge in [-0.15, -0.1) is 0 Å². The number of carbonyl (C=O) groups is 12.